The molecule has 0 saturated heterocycles. The van der Waals surface area contributed by atoms with E-state index in [4.69, 9.17) is 0 Å². The molecule has 4 aliphatic rings. The number of nitrogens with zero attached hydrogens (tertiary/aromatic N) is 1. The summed E-state index contributed by atoms with van der Waals surface area (Å²) >= 11 is 0. The highest BCUT2D eigenvalue weighted by atomic mass is 15.0. The van der Waals surface area contributed by atoms with Gasteiger partial charge in [0.05, 0.1) is 21.9 Å². The number of fused-ring (bicyclic) bond motifs is 18. The lowest BCUT2D eigenvalue weighted by atomic mass is 9.51. The highest BCUT2D eigenvalue weighted by Crippen LogP contribution is 2.68. The molecule has 0 bridgehead atoms. The molecule has 51 heavy (non-hydrogen) atoms. The van der Waals surface area contributed by atoms with Gasteiger partial charge in [0.2, 0.25) is 0 Å². The molecular formula is C50H33N. The average Bonchev–Trinajstić information content (AvgIpc) is 3.81. The third-order valence-electron chi connectivity index (χ3n) is 12.6. The molecule has 7 aromatic carbocycles. The summed E-state index contributed by atoms with van der Waals surface area (Å²) in [5.41, 5.74) is 19.6. The SMILES string of the molecule is C1=CC2=C(CC1)C1(c3ccccc32)c2ccccc2C2(c3ccccc3-c3ccccc32)c2ccc(-n3c4ccccc4c4ccccc43)cc21. The number of benzene rings is 7. The van der Waals surface area contributed by atoms with Crippen molar-refractivity contribution in [2.75, 3.05) is 0 Å². The first-order chi connectivity index (χ1) is 25.3. The van der Waals surface area contributed by atoms with E-state index in [0.717, 1.165) is 12.8 Å². The maximum Gasteiger partial charge on any atom is 0.0720 e. The summed E-state index contributed by atoms with van der Waals surface area (Å²) < 4.78 is 2.50. The molecule has 0 aliphatic heterocycles. The van der Waals surface area contributed by atoms with E-state index >= 15 is 0 Å². The van der Waals surface area contributed by atoms with Gasteiger partial charge in [-0.3, -0.25) is 0 Å². The van der Waals surface area contributed by atoms with Crippen LogP contribution in [0.15, 0.2) is 182 Å². The van der Waals surface area contributed by atoms with Crippen molar-refractivity contribution in [1.29, 1.82) is 0 Å². The molecule has 1 nitrogen and oxygen atoms in total. The van der Waals surface area contributed by atoms with Gasteiger partial charge in [0, 0.05) is 16.5 Å². The first-order valence-corrected chi connectivity index (χ1v) is 18.3. The number of para-hydroxylation sites is 2. The van der Waals surface area contributed by atoms with E-state index in [1.165, 1.54) is 94.3 Å². The summed E-state index contributed by atoms with van der Waals surface area (Å²) in [5.74, 6) is 0. The number of hydrogen-bond acceptors (Lipinski definition) is 0. The fourth-order valence-electron chi connectivity index (χ4n) is 10.9. The smallest absolute Gasteiger partial charge is 0.0720 e. The molecule has 1 heteroatoms. The molecule has 1 heterocycles. The van der Waals surface area contributed by atoms with Crippen LogP contribution < -0.4 is 0 Å². The Hall–Kier alpha value is -6.18. The third-order valence-corrected chi connectivity index (χ3v) is 12.6. The van der Waals surface area contributed by atoms with Gasteiger partial charge in [-0.1, -0.05) is 152 Å². The van der Waals surface area contributed by atoms with Crippen LogP contribution in [-0.2, 0) is 10.8 Å². The maximum atomic E-state index is 2.58. The molecule has 1 unspecified atom stereocenters. The maximum absolute atomic E-state index is 2.58. The number of allylic oxidation sites excluding steroid dienone is 4. The molecule has 0 N–H and O–H groups in total. The molecule has 0 amide bonds. The van der Waals surface area contributed by atoms with Gasteiger partial charge in [-0.2, -0.15) is 0 Å². The zero-order chi connectivity index (χ0) is 33.3. The van der Waals surface area contributed by atoms with Crippen molar-refractivity contribution >= 4 is 27.4 Å². The summed E-state index contributed by atoms with van der Waals surface area (Å²) in [6, 6.07) is 62.3. The van der Waals surface area contributed by atoms with Crippen molar-refractivity contribution in [3.05, 3.63) is 226 Å². The number of hydrogen-bond donors (Lipinski definition) is 0. The summed E-state index contributed by atoms with van der Waals surface area (Å²) in [5, 5.41) is 2.57. The predicted molar refractivity (Wildman–Crippen MR) is 210 cm³/mol. The Bertz CT molecular complexity index is 2780. The van der Waals surface area contributed by atoms with Crippen LogP contribution in [0.1, 0.15) is 57.3 Å². The van der Waals surface area contributed by atoms with Crippen molar-refractivity contribution in [3.63, 3.8) is 0 Å². The minimum Gasteiger partial charge on any atom is -0.309 e. The van der Waals surface area contributed by atoms with Crippen LogP contribution >= 0.6 is 0 Å². The second-order valence-corrected chi connectivity index (χ2v) is 14.6. The van der Waals surface area contributed by atoms with Crippen molar-refractivity contribution in [1.82, 2.24) is 4.57 Å². The lowest BCUT2D eigenvalue weighted by Gasteiger charge is -2.50. The van der Waals surface area contributed by atoms with Crippen LogP contribution in [0.25, 0.3) is 44.2 Å². The van der Waals surface area contributed by atoms with E-state index in [2.05, 4.69) is 181 Å². The summed E-state index contributed by atoms with van der Waals surface area (Å²) in [7, 11) is 0. The van der Waals surface area contributed by atoms with Gasteiger partial charge in [-0.05, 0) is 104 Å². The van der Waals surface area contributed by atoms with Crippen molar-refractivity contribution in [2.45, 2.75) is 23.7 Å². The summed E-state index contributed by atoms with van der Waals surface area (Å²) in [4.78, 5) is 0. The normalized spacial score (nSPS) is 18.5. The quantitative estimate of drug-likeness (QED) is 0.167. The lowest BCUT2D eigenvalue weighted by molar-refractivity contribution is 0.605. The van der Waals surface area contributed by atoms with E-state index in [1.54, 1.807) is 0 Å². The molecule has 4 aliphatic carbocycles. The molecule has 0 fully saturated rings. The minimum atomic E-state index is -0.452. The molecule has 0 radical (unpaired) electrons. The Morgan fingerprint density at radius 2 is 0.902 bits per heavy atom. The molecule has 0 saturated carbocycles. The van der Waals surface area contributed by atoms with Crippen molar-refractivity contribution in [3.8, 4) is 16.8 Å². The Morgan fingerprint density at radius 3 is 1.55 bits per heavy atom. The summed E-state index contributed by atoms with van der Waals surface area (Å²) in [6.45, 7) is 0. The molecular weight excluding hydrogens is 615 g/mol. The van der Waals surface area contributed by atoms with E-state index in [1.807, 2.05) is 0 Å². The van der Waals surface area contributed by atoms with Crippen LogP contribution in [0.4, 0.5) is 0 Å². The standard InChI is InChI=1S/C50H33N/c1-7-21-39-33(15-1)34-16-2-8-22-40(34)49(39)43-25-11-12-26-44(43)50(41-23-9-3-17-35(41)36-18-4-10-24-42(36)50)46-31-32(29-30-45(46)49)51-47-27-13-5-19-37(47)38-20-6-14-28-48(38)51/h1-9,11-23,25-31H,10,24H2. The van der Waals surface area contributed by atoms with Gasteiger partial charge in [0.25, 0.3) is 0 Å². The molecule has 2 spiro atoms. The Morgan fingerprint density at radius 1 is 0.412 bits per heavy atom. The zero-order valence-electron chi connectivity index (χ0n) is 28.1. The largest absolute Gasteiger partial charge is 0.309 e. The molecule has 1 atom stereocenters. The zero-order valence-corrected chi connectivity index (χ0v) is 28.1. The highest BCUT2D eigenvalue weighted by Gasteiger charge is 2.59. The highest BCUT2D eigenvalue weighted by molar-refractivity contribution is 6.09. The van der Waals surface area contributed by atoms with Gasteiger partial charge >= 0.3 is 0 Å². The van der Waals surface area contributed by atoms with Crippen LogP contribution in [0, 0.1) is 0 Å². The van der Waals surface area contributed by atoms with E-state index in [0.29, 0.717) is 0 Å². The van der Waals surface area contributed by atoms with Gasteiger partial charge in [0.15, 0.2) is 0 Å². The second kappa shape index (κ2) is 9.74. The van der Waals surface area contributed by atoms with Crippen LogP contribution in [0.2, 0.25) is 0 Å². The van der Waals surface area contributed by atoms with Gasteiger partial charge in [-0.25, -0.2) is 0 Å². The molecule has 8 aromatic rings. The number of rotatable bonds is 1. The molecule has 12 rings (SSSR count). The third kappa shape index (κ3) is 3.16. The van der Waals surface area contributed by atoms with Crippen LogP contribution in [0.3, 0.4) is 0 Å². The summed E-state index contributed by atoms with van der Waals surface area (Å²) in [6.07, 6.45) is 6.88. The van der Waals surface area contributed by atoms with Gasteiger partial charge in [-0.15, -0.1) is 0 Å². The van der Waals surface area contributed by atoms with Crippen molar-refractivity contribution in [2.24, 2.45) is 0 Å². The fraction of sp³-hybridized carbons (Fsp3) is 0.0800. The fourth-order valence-corrected chi connectivity index (χ4v) is 10.9. The van der Waals surface area contributed by atoms with E-state index in [9.17, 15) is 0 Å². The Kier molecular flexibility index (Phi) is 5.28. The van der Waals surface area contributed by atoms with Gasteiger partial charge in [0.1, 0.15) is 0 Å². The predicted octanol–water partition coefficient (Wildman–Crippen LogP) is 11.9. The first kappa shape index (κ1) is 27.6. The minimum absolute atomic E-state index is 0.422. The van der Waals surface area contributed by atoms with E-state index in [-0.39, 0.29) is 0 Å². The average molecular weight is 648 g/mol. The van der Waals surface area contributed by atoms with Crippen LogP contribution in [0.5, 0.6) is 0 Å². The topological polar surface area (TPSA) is 4.93 Å². The Labute approximate surface area is 297 Å². The second-order valence-electron chi connectivity index (χ2n) is 14.6. The lowest BCUT2D eigenvalue weighted by Crippen LogP contribution is -2.44. The Balaban J connectivity index is 1.30. The van der Waals surface area contributed by atoms with E-state index < -0.39 is 10.8 Å². The van der Waals surface area contributed by atoms with Crippen molar-refractivity contribution < 1.29 is 0 Å². The monoisotopic (exact) mass is 647 g/mol. The van der Waals surface area contributed by atoms with Crippen LogP contribution in [-0.4, -0.2) is 4.57 Å². The number of aromatic nitrogens is 1. The first-order valence-electron chi connectivity index (χ1n) is 18.3. The molecule has 1 aromatic heterocycles. The van der Waals surface area contributed by atoms with Gasteiger partial charge < -0.3 is 4.57 Å². The molecule has 238 valence electrons.